The summed E-state index contributed by atoms with van der Waals surface area (Å²) in [7, 11) is 1.71. The summed E-state index contributed by atoms with van der Waals surface area (Å²) in [5.41, 5.74) is 0.985. The molecule has 0 radical (unpaired) electrons. The third kappa shape index (κ3) is 3.87. The Hall–Kier alpha value is -1.25. The van der Waals surface area contributed by atoms with E-state index in [2.05, 4.69) is 9.98 Å². The van der Waals surface area contributed by atoms with Crippen molar-refractivity contribution in [2.24, 2.45) is 12.0 Å². The predicted molar refractivity (Wildman–Crippen MR) is 104 cm³/mol. The summed E-state index contributed by atoms with van der Waals surface area (Å²) in [5.74, 6) is 0.110. The van der Waals surface area contributed by atoms with Crippen molar-refractivity contribution < 1.29 is 5.11 Å². The SMILES string of the molecule is Cn1c(O)c(/C=N/c2ncc(Cc3ccc(Cl)cc3Cl)s2)sc1=S. The molecule has 0 amide bonds. The lowest BCUT2D eigenvalue weighted by molar-refractivity contribution is 0.430. The molecule has 4 nitrogen and oxygen atoms in total. The van der Waals surface area contributed by atoms with Crippen molar-refractivity contribution in [3.05, 3.63) is 53.7 Å². The standard InChI is InChI=1S/C15H11Cl2N3OS3/c1-20-13(21)12(24-15(20)22)7-19-14-18-6-10(23-14)4-8-2-3-9(16)5-11(8)17/h2-3,5-7,21H,4H2,1H3/b19-7+. The molecule has 0 bridgehead atoms. The fourth-order valence-electron chi connectivity index (χ4n) is 1.95. The molecule has 0 spiro atoms. The zero-order valence-corrected chi connectivity index (χ0v) is 16.3. The molecule has 0 unspecified atom stereocenters. The zero-order valence-electron chi connectivity index (χ0n) is 12.4. The third-order valence-electron chi connectivity index (χ3n) is 3.22. The van der Waals surface area contributed by atoms with E-state index in [1.165, 1.54) is 27.2 Å². The quantitative estimate of drug-likeness (QED) is 0.443. The zero-order chi connectivity index (χ0) is 17.3. The van der Waals surface area contributed by atoms with Gasteiger partial charge in [-0.3, -0.25) is 4.57 Å². The fraction of sp³-hybridized carbons (Fsp3) is 0.133. The van der Waals surface area contributed by atoms with Crippen LogP contribution in [0.2, 0.25) is 10.0 Å². The molecular formula is C15H11Cl2N3OS3. The summed E-state index contributed by atoms with van der Waals surface area (Å²) in [5, 5.41) is 11.8. The van der Waals surface area contributed by atoms with E-state index in [-0.39, 0.29) is 5.88 Å². The highest BCUT2D eigenvalue weighted by Crippen LogP contribution is 2.29. The lowest BCUT2D eigenvalue weighted by Crippen LogP contribution is -1.86. The van der Waals surface area contributed by atoms with Gasteiger partial charge < -0.3 is 5.11 Å². The van der Waals surface area contributed by atoms with Crippen LogP contribution in [0.1, 0.15) is 15.3 Å². The number of hydrogen-bond acceptors (Lipinski definition) is 6. The first-order valence-electron chi connectivity index (χ1n) is 6.75. The molecule has 124 valence electrons. The molecule has 3 aromatic rings. The van der Waals surface area contributed by atoms with Crippen molar-refractivity contribution in [2.45, 2.75) is 6.42 Å². The van der Waals surface area contributed by atoms with Gasteiger partial charge in [0.15, 0.2) is 3.95 Å². The number of halogens is 2. The molecule has 0 aliphatic carbocycles. The van der Waals surface area contributed by atoms with E-state index in [9.17, 15) is 5.11 Å². The largest absolute Gasteiger partial charge is 0.493 e. The van der Waals surface area contributed by atoms with E-state index in [0.29, 0.717) is 30.4 Å². The van der Waals surface area contributed by atoms with Crippen molar-refractivity contribution in [3.63, 3.8) is 0 Å². The Bertz CT molecular complexity index is 975. The summed E-state index contributed by atoms with van der Waals surface area (Å²) < 4.78 is 2.13. The molecule has 1 aromatic carbocycles. The van der Waals surface area contributed by atoms with Crippen molar-refractivity contribution in [1.29, 1.82) is 0 Å². The number of aromatic nitrogens is 2. The van der Waals surface area contributed by atoms with Gasteiger partial charge in [-0.2, -0.15) is 0 Å². The van der Waals surface area contributed by atoms with Gasteiger partial charge in [0.2, 0.25) is 11.0 Å². The first-order valence-corrected chi connectivity index (χ1v) is 9.55. The normalized spacial score (nSPS) is 11.5. The van der Waals surface area contributed by atoms with Gasteiger partial charge in [0.1, 0.15) is 4.88 Å². The Labute approximate surface area is 161 Å². The molecular weight excluding hydrogens is 405 g/mol. The molecule has 0 fully saturated rings. The summed E-state index contributed by atoms with van der Waals surface area (Å²) in [4.78, 5) is 10.2. The summed E-state index contributed by atoms with van der Waals surface area (Å²) in [6, 6.07) is 5.45. The Morgan fingerprint density at radius 1 is 1.38 bits per heavy atom. The maximum absolute atomic E-state index is 9.92. The molecule has 2 aromatic heterocycles. The molecule has 0 saturated heterocycles. The lowest BCUT2D eigenvalue weighted by atomic mass is 10.1. The second-order valence-corrected chi connectivity index (χ2v) is 8.51. The number of rotatable bonds is 4. The van der Waals surface area contributed by atoms with Gasteiger partial charge in [0.25, 0.3) is 0 Å². The Morgan fingerprint density at radius 3 is 2.83 bits per heavy atom. The fourth-order valence-corrected chi connectivity index (χ4v) is 4.30. The van der Waals surface area contributed by atoms with Crippen LogP contribution in [0.4, 0.5) is 5.13 Å². The minimum Gasteiger partial charge on any atom is -0.493 e. The molecule has 9 heteroatoms. The minimum atomic E-state index is 0.110. The van der Waals surface area contributed by atoms with E-state index in [0.717, 1.165) is 10.4 Å². The van der Waals surface area contributed by atoms with Gasteiger partial charge in [0.05, 0.1) is 6.21 Å². The van der Waals surface area contributed by atoms with Crippen LogP contribution in [-0.4, -0.2) is 20.9 Å². The van der Waals surface area contributed by atoms with Crippen molar-refractivity contribution >= 4 is 69.4 Å². The van der Waals surface area contributed by atoms with Gasteiger partial charge in [-0.15, -0.1) is 0 Å². The minimum absolute atomic E-state index is 0.110. The topological polar surface area (TPSA) is 50.4 Å². The summed E-state index contributed by atoms with van der Waals surface area (Å²) >= 11 is 20.0. The molecule has 0 atom stereocenters. The predicted octanol–water partition coefficient (Wildman–Crippen LogP) is 5.63. The highest BCUT2D eigenvalue weighted by atomic mass is 35.5. The van der Waals surface area contributed by atoms with Crippen LogP contribution in [0, 0.1) is 3.95 Å². The lowest BCUT2D eigenvalue weighted by Gasteiger charge is -2.02. The van der Waals surface area contributed by atoms with Gasteiger partial charge >= 0.3 is 0 Å². The molecule has 0 aliphatic rings. The first-order chi connectivity index (χ1) is 11.4. The molecule has 0 aliphatic heterocycles. The molecule has 2 heterocycles. The average Bonchev–Trinajstić information content (AvgIpc) is 3.08. The maximum Gasteiger partial charge on any atom is 0.211 e. The average molecular weight is 416 g/mol. The molecule has 0 saturated carbocycles. The van der Waals surface area contributed by atoms with Crippen LogP contribution in [-0.2, 0) is 13.5 Å². The van der Waals surface area contributed by atoms with Gasteiger partial charge in [-0.25, -0.2) is 9.98 Å². The molecule has 1 N–H and O–H groups in total. The summed E-state index contributed by atoms with van der Waals surface area (Å²) in [6.07, 6.45) is 4.02. The second kappa shape index (κ2) is 7.33. The van der Waals surface area contributed by atoms with E-state index >= 15 is 0 Å². The number of thiazole rings is 2. The summed E-state index contributed by atoms with van der Waals surface area (Å²) in [6.45, 7) is 0. The van der Waals surface area contributed by atoms with Crippen LogP contribution in [0.5, 0.6) is 5.88 Å². The molecule has 3 rings (SSSR count). The van der Waals surface area contributed by atoms with Gasteiger partial charge in [0, 0.05) is 34.6 Å². The van der Waals surface area contributed by atoms with E-state index in [1.54, 1.807) is 25.5 Å². The Morgan fingerprint density at radius 2 is 2.17 bits per heavy atom. The van der Waals surface area contributed by atoms with Crippen molar-refractivity contribution in [3.8, 4) is 5.88 Å². The Balaban J connectivity index is 1.77. The van der Waals surface area contributed by atoms with Gasteiger partial charge in [-0.1, -0.05) is 51.9 Å². The monoisotopic (exact) mass is 415 g/mol. The van der Waals surface area contributed by atoms with Crippen LogP contribution in [0.15, 0.2) is 29.4 Å². The smallest absolute Gasteiger partial charge is 0.211 e. The third-order valence-corrected chi connectivity index (χ3v) is 6.20. The Kier molecular flexibility index (Phi) is 5.36. The first kappa shape index (κ1) is 17.6. The number of aliphatic imine (C=N–C) groups is 1. The highest BCUT2D eigenvalue weighted by Gasteiger charge is 2.08. The van der Waals surface area contributed by atoms with Crippen LogP contribution < -0.4 is 0 Å². The van der Waals surface area contributed by atoms with Crippen LogP contribution in [0.3, 0.4) is 0 Å². The maximum atomic E-state index is 9.92. The van der Waals surface area contributed by atoms with E-state index in [1.807, 2.05) is 12.1 Å². The number of nitrogens with zero attached hydrogens (tertiary/aromatic N) is 3. The van der Waals surface area contributed by atoms with Crippen LogP contribution >= 0.6 is 58.1 Å². The van der Waals surface area contributed by atoms with Gasteiger partial charge in [-0.05, 0) is 29.9 Å². The van der Waals surface area contributed by atoms with Crippen molar-refractivity contribution in [1.82, 2.24) is 9.55 Å². The van der Waals surface area contributed by atoms with Crippen molar-refractivity contribution in [2.75, 3.05) is 0 Å². The highest BCUT2D eigenvalue weighted by molar-refractivity contribution is 7.73. The number of benzene rings is 1. The molecule has 24 heavy (non-hydrogen) atoms. The van der Waals surface area contributed by atoms with E-state index in [4.69, 9.17) is 35.4 Å². The number of hydrogen-bond donors (Lipinski definition) is 1. The van der Waals surface area contributed by atoms with Crippen LogP contribution in [0.25, 0.3) is 0 Å². The second-order valence-electron chi connectivity index (χ2n) is 4.89. The van der Waals surface area contributed by atoms with E-state index < -0.39 is 0 Å². The number of aromatic hydroxyl groups is 1.